The first-order valence-corrected chi connectivity index (χ1v) is 4.42. The summed E-state index contributed by atoms with van der Waals surface area (Å²) in [5.74, 6) is 0. The molecular weight excluding hydrogens is 164 g/mol. The smallest absolute Gasteiger partial charge is 0.283 e. The lowest BCUT2D eigenvalue weighted by atomic mass is 10.1. The predicted octanol–water partition coefficient (Wildman–Crippen LogP) is 0.997. The van der Waals surface area contributed by atoms with Gasteiger partial charge in [-0.25, -0.2) is 4.99 Å². The second-order valence-corrected chi connectivity index (χ2v) is 3.47. The van der Waals surface area contributed by atoms with Gasteiger partial charge < -0.3 is 10.5 Å². The minimum absolute atomic E-state index is 0.149. The molecule has 0 fully saturated rings. The molecule has 3 heteroatoms. The van der Waals surface area contributed by atoms with Crippen LogP contribution in [0.3, 0.4) is 0 Å². The van der Waals surface area contributed by atoms with Crippen molar-refractivity contribution in [3.05, 3.63) is 35.4 Å². The normalized spacial score (nSPS) is 29.1. The van der Waals surface area contributed by atoms with Crippen LogP contribution in [0.5, 0.6) is 0 Å². The van der Waals surface area contributed by atoms with E-state index in [1.54, 1.807) is 0 Å². The molecule has 0 unspecified atom stereocenters. The van der Waals surface area contributed by atoms with Crippen molar-refractivity contribution in [2.75, 3.05) is 0 Å². The predicted molar refractivity (Wildman–Crippen MR) is 49.4 cm³/mol. The van der Waals surface area contributed by atoms with Crippen molar-refractivity contribution in [2.24, 2.45) is 10.7 Å². The van der Waals surface area contributed by atoms with Crippen LogP contribution in [0.1, 0.15) is 17.2 Å². The SMILES string of the molecule is NC1=N[C@@H]2c3ccccc3C[C@@H]2O1. The van der Waals surface area contributed by atoms with Gasteiger partial charge in [0.25, 0.3) is 6.02 Å². The molecule has 0 radical (unpaired) electrons. The molecule has 13 heavy (non-hydrogen) atoms. The standard InChI is InChI=1S/C10H10N2O/c11-10-12-9-7-4-2-1-3-6(7)5-8(9)13-10/h1-4,8-9H,5H2,(H2,11,12)/t8-,9+/m0/s1. The Kier molecular flexibility index (Phi) is 1.20. The molecule has 0 bridgehead atoms. The van der Waals surface area contributed by atoms with Crippen LogP contribution < -0.4 is 5.73 Å². The lowest BCUT2D eigenvalue weighted by Crippen LogP contribution is -2.17. The zero-order valence-electron chi connectivity index (χ0n) is 7.10. The summed E-state index contributed by atoms with van der Waals surface area (Å²) in [5, 5.41) is 0. The van der Waals surface area contributed by atoms with Crippen LogP contribution in [0.25, 0.3) is 0 Å². The minimum Gasteiger partial charge on any atom is -0.459 e. The highest BCUT2D eigenvalue weighted by Crippen LogP contribution is 2.38. The van der Waals surface area contributed by atoms with Crippen molar-refractivity contribution in [3.63, 3.8) is 0 Å². The van der Waals surface area contributed by atoms with Crippen molar-refractivity contribution in [3.8, 4) is 0 Å². The summed E-state index contributed by atoms with van der Waals surface area (Å²) in [6, 6.07) is 8.80. The molecule has 3 rings (SSSR count). The van der Waals surface area contributed by atoms with E-state index >= 15 is 0 Å². The first-order valence-electron chi connectivity index (χ1n) is 4.42. The van der Waals surface area contributed by atoms with Gasteiger partial charge in [0.15, 0.2) is 0 Å². The molecule has 1 aliphatic heterocycles. The van der Waals surface area contributed by atoms with Gasteiger partial charge in [0.05, 0.1) is 0 Å². The van der Waals surface area contributed by atoms with Crippen LogP contribution in [-0.2, 0) is 11.2 Å². The average Bonchev–Trinajstić information content (AvgIpc) is 2.60. The largest absolute Gasteiger partial charge is 0.459 e. The molecule has 2 N–H and O–H groups in total. The first kappa shape index (κ1) is 6.95. The summed E-state index contributed by atoms with van der Waals surface area (Å²) in [6.45, 7) is 0. The van der Waals surface area contributed by atoms with E-state index in [1.807, 2.05) is 12.1 Å². The Morgan fingerprint density at radius 1 is 1.38 bits per heavy atom. The Bertz CT molecular complexity index is 386. The number of nitrogens with two attached hydrogens (primary N) is 1. The van der Waals surface area contributed by atoms with Crippen molar-refractivity contribution >= 4 is 6.02 Å². The van der Waals surface area contributed by atoms with Crippen LogP contribution in [0.2, 0.25) is 0 Å². The van der Waals surface area contributed by atoms with E-state index in [0.29, 0.717) is 6.02 Å². The molecular formula is C10H10N2O. The van der Waals surface area contributed by atoms with Crippen molar-refractivity contribution in [1.82, 2.24) is 0 Å². The molecule has 0 saturated heterocycles. The maximum absolute atomic E-state index is 5.51. The zero-order valence-corrected chi connectivity index (χ0v) is 7.10. The number of benzene rings is 1. The maximum Gasteiger partial charge on any atom is 0.283 e. The highest BCUT2D eigenvalue weighted by Gasteiger charge is 2.38. The molecule has 1 aromatic rings. The summed E-state index contributed by atoms with van der Waals surface area (Å²) in [7, 11) is 0. The molecule has 3 nitrogen and oxygen atoms in total. The fourth-order valence-corrected chi connectivity index (χ4v) is 2.12. The first-order chi connectivity index (χ1) is 6.34. The molecule has 2 aliphatic rings. The molecule has 0 spiro atoms. The van der Waals surface area contributed by atoms with E-state index in [1.165, 1.54) is 11.1 Å². The van der Waals surface area contributed by atoms with Gasteiger partial charge in [0.2, 0.25) is 0 Å². The average molecular weight is 174 g/mol. The lowest BCUT2D eigenvalue weighted by molar-refractivity contribution is 0.203. The Hall–Kier alpha value is -1.51. The Labute approximate surface area is 76.2 Å². The van der Waals surface area contributed by atoms with Gasteiger partial charge in [0, 0.05) is 6.42 Å². The van der Waals surface area contributed by atoms with E-state index < -0.39 is 0 Å². The van der Waals surface area contributed by atoms with E-state index in [2.05, 4.69) is 17.1 Å². The highest BCUT2D eigenvalue weighted by atomic mass is 16.5. The van der Waals surface area contributed by atoms with Crippen LogP contribution in [0.4, 0.5) is 0 Å². The number of hydrogen-bond donors (Lipinski definition) is 1. The molecule has 1 aromatic carbocycles. The third kappa shape index (κ3) is 0.869. The quantitative estimate of drug-likeness (QED) is 0.637. The fraction of sp³-hybridized carbons (Fsp3) is 0.300. The Balaban J connectivity index is 2.10. The van der Waals surface area contributed by atoms with E-state index in [9.17, 15) is 0 Å². The van der Waals surface area contributed by atoms with Gasteiger partial charge in [-0.2, -0.15) is 0 Å². The summed E-state index contributed by atoms with van der Waals surface area (Å²) in [4.78, 5) is 4.26. The van der Waals surface area contributed by atoms with Crippen molar-refractivity contribution < 1.29 is 4.74 Å². The van der Waals surface area contributed by atoms with Crippen LogP contribution >= 0.6 is 0 Å². The van der Waals surface area contributed by atoms with Gasteiger partial charge in [-0.15, -0.1) is 0 Å². The molecule has 0 amide bonds. The third-order valence-corrected chi connectivity index (χ3v) is 2.69. The Morgan fingerprint density at radius 3 is 3.15 bits per heavy atom. The van der Waals surface area contributed by atoms with Gasteiger partial charge in [0.1, 0.15) is 12.1 Å². The third-order valence-electron chi connectivity index (χ3n) is 2.69. The molecule has 0 saturated carbocycles. The van der Waals surface area contributed by atoms with Crippen LogP contribution in [0, 0.1) is 0 Å². The monoisotopic (exact) mass is 174 g/mol. The number of fused-ring (bicyclic) bond motifs is 3. The highest BCUT2D eigenvalue weighted by molar-refractivity contribution is 5.74. The number of hydrogen-bond acceptors (Lipinski definition) is 3. The van der Waals surface area contributed by atoms with Crippen molar-refractivity contribution in [1.29, 1.82) is 0 Å². The van der Waals surface area contributed by atoms with Gasteiger partial charge in [-0.05, 0) is 11.1 Å². The summed E-state index contributed by atoms with van der Waals surface area (Å²) < 4.78 is 5.40. The molecule has 1 aliphatic carbocycles. The molecule has 2 atom stereocenters. The topological polar surface area (TPSA) is 47.6 Å². The van der Waals surface area contributed by atoms with Crippen LogP contribution in [-0.4, -0.2) is 12.1 Å². The Morgan fingerprint density at radius 2 is 2.23 bits per heavy atom. The number of aliphatic imine (C=N–C) groups is 1. The number of rotatable bonds is 0. The number of nitrogens with zero attached hydrogens (tertiary/aromatic N) is 1. The molecule has 66 valence electrons. The zero-order chi connectivity index (χ0) is 8.84. The second-order valence-electron chi connectivity index (χ2n) is 3.47. The number of ether oxygens (including phenoxy) is 1. The molecule has 0 aromatic heterocycles. The number of amidine groups is 1. The second kappa shape index (κ2) is 2.25. The lowest BCUT2D eigenvalue weighted by Gasteiger charge is -2.05. The summed E-state index contributed by atoms with van der Waals surface area (Å²) in [5.41, 5.74) is 8.12. The van der Waals surface area contributed by atoms with Crippen LogP contribution in [0.15, 0.2) is 29.3 Å². The van der Waals surface area contributed by atoms with E-state index in [4.69, 9.17) is 10.5 Å². The van der Waals surface area contributed by atoms with Gasteiger partial charge in [-0.3, -0.25) is 0 Å². The van der Waals surface area contributed by atoms with E-state index in [0.717, 1.165) is 6.42 Å². The summed E-state index contributed by atoms with van der Waals surface area (Å²) >= 11 is 0. The molecule has 1 heterocycles. The minimum atomic E-state index is 0.149. The maximum atomic E-state index is 5.51. The fourth-order valence-electron chi connectivity index (χ4n) is 2.12. The van der Waals surface area contributed by atoms with Gasteiger partial charge >= 0.3 is 0 Å². The summed E-state index contributed by atoms with van der Waals surface area (Å²) in [6.07, 6.45) is 1.09. The van der Waals surface area contributed by atoms with Gasteiger partial charge in [-0.1, -0.05) is 24.3 Å². The van der Waals surface area contributed by atoms with E-state index in [-0.39, 0.29) is 12.1 Å². The van der Waals surface area contributed by atoms with Crippen molar-refractivity contribution in [2.45, 2.75) is 18.6 Å².